The number of methoxy groups -OCH3 is 1. The fourth-order valence-electron chi connectivity index (χ4n) is 2.15. The van der Waals surface area contributed by atoms with Gasteiger partial charge in [-0.1, -0.05) is 6.07 Å². The van der Waals surface area contributed by atoms with Gasteiger partial charge in [-0.25, -0.2) is 4.79 Å². The quantitative estimate of drug-likeness (QED) is 0.795. The Bertz CT molecular complexity index is 630. The van der Waals surface area contributed by atoms with Crippen LogP contribution in [0.1, 0.15) is 16.8 Å². The van der Waals surface area contributed by atoms with Crippen molar-refractivity contribution >= 4 is 16.9 Å². The van der Waals surface area contributed by atoms with Gasteiger partial charge in [-0.2, -0.15) is 0 Å². The van der Waals surface area contributed by atoms with Gasteiger partial charge in [0, 0.05) is 17.1 Å². The van der Waals surface area contributed by atoms with Crippen LogP contribution in [0.3, 0.4) is 0 Å². The van der Waals surface area contributed by atoms with Gasteiger partial charge in [0.2, 0.25) is 0 Å². The molecule has 0 spiro atoms. The van der Waals surface area contributed by atoms with E-state index in [1.807, 2.05) is 32.9 Å². The first-order valence-corrected chi connectivity index (χ1v) is 6.09. The predicted octanol–water partition coefficient (Wildman–Crippen LogP) is 2.71. The van der Waals surface area contributed by atoms with Gasteiger partial charge in [0.1, 0.15) is 5.75 Å². The molecule has 0 bridgehead atoms. The molecule has 0 N–H and O–H groups in total. The van der Waals surface area contributed by atoms with E-state index in [9.17, 15) is 4.79 Å². The van der Waals surface area contributed by atoms with Gasteiger partial charge in [-0.3, -0.25) is 4.98 Å². The van der Waals surface area contributed by atoms with Crippen LogP contribution in [0.4, 0.5) is 0 Å². The molecule has 0 fully saturated rings. The van der Waals surface area contributed by atoms with E-state index < -0.39 is 5.97 Å². The molecule has 2 aromatic rings. The summed E-state index contributed by atoms with van der Waals surface area (Å²) >= 11 is 0. The maximum Gasteiger partial charge on any atom is 0.343 e. The van der Waals surface area contributed by atoms with Crippen molar-refractivity contribution in [2.24, 2.45) is 0 Å². The molecule has 0 amide bonds. The van der Waals surface area contributed by atoms with Gasteiger partial charge in [0.15, 0.2) is 6.61 Å². The highest BCUT2D eigenvalue weighted by atomic mass is 16.6. The lowest BCUT2D eigenvalue weighted by atomic mass is 10.0. The number of ether oxygens (including phenoxy) is 2. The Morgan fingerprint density at radius 3 is 2.63 bits per heavy atom. The van der Waals surface area contributed by atoms with E-state index in [0.717, 1.165) is 27.7 Å². The van der Waals surface area contributed by atoms with Gasteiger partial charge in [0.05, 0.1) is 12.6 Å². The van der Waals surface area contributed by atoms with Crippen LogP contribution in [-0.2, 0) is 9.53 Å². The largest absolute Gasteiger partial charge is 0.481 e. The fraction of sp³-hybridized carbons (Fsp3) is 0.333. The number of carbonyl (C=O) groups excluding carboxylic acids is 1. The molecule has 0 aliphatic rings. The van der Waals surface area contributed by atoms with Crippen LogP contribution < -0.4 is 4.74 Å². The molecule has 0 saturated carbocycles. The molecular weight excluding hydrogens is 242 g/mol. The topological polar surface area (TPSA) is 48.4 Å². The predicted molar refractivity (Wildman–Crippen MR) is 73.5 cm³/mol. The van der Waals surface area contributed by atoms with Gasteiger partial charge >= 0.3 is 5.97 Å². The van der Waals surface area contributed by atoms with Crippen LogP contribution in [0.25, 0.3) is 10.9 Å². The first-order chi connectivity index (χ1) is 9.01. The molecule has 0 aliphatic heterocycles. The minimum Gasteiger partial charge on any atom is -0.481 e. The summed E-state index contributed by atoms with van der Waals surface area (Å²) in [6, 6.07) is 5.93. The molecule has 4 heteroatoms. The molecule has 100 valence electrons. The molecule has 2 rings (SSSR count). The monoisotopic (exact) mass is 259 g/mol. The minimum atomic E-state index is -0.396. The van der Waals surface area contributed by atoms with E-state index in [-0.39, 0.29) is 6.61 Å². The van der Waals surface area contributed by atoms with Crippen LogP contribution >= 0.6 is 0 Å². The summed E-state index contributed by atoms with van der Waals surface area (Å²) in [4.78, 5) is 15.7. The molecule has 0 aliphatic carbocycles. The lowest BCUT2D eigenvalue weighted by Gasteiger charge is -2.12. The third-order valence-corrected chi connectivity index (χ3v) is 2.92. The Morgan fingerprint density at radius 2 is 1.95 bits per heavy atom. The summed E-state index contributed by atoms with van der Waals surface area (Å²) < 4.78 is 10.1. The Balaban J connectivity index is 2.50. The van der Waals surface area contributed by atoms with Crippen LogP contribution in [-0.4, -0.2) is 24.7 Å². The van der Waals surface area contributed by atoms with Crippen LogP contribution in [0.15, 0.2) is 18.2 Å². The molecule has 0 unspecified atom stereocenters. The van der Waals surface area contributed by atoms with Crippen molar-refractivity contribution < 1.29 is 14.3 Å². The zero-order chi connectivity index (χ0) is 14.0. The van der Waals surface area contributed by atoms with E-state index in [2.05, 4.69) is 15.8 Å². The van der Waals surface area contributed by atoms with Gasteiger partial charge < -0.3 is 9.47 Å². The standard InChI is InChI=1S/C15H17NO3/c1-9-5-10(2)15-12(6-9)16-11(3)7-13(15)19-8-14(17)18-4/h5-7H,8H2,1-4H3. The molecule has 1 aromatic carbocycles. The van der Waals surface area contributed by atoms with Crippen molar-refractivity contribution in [1.29, 1.82) is 0 Å². The van der Waals surface area contributed by atoms with E-state index in [1.165, 1.54) is 7.11 Å². The molecule has 0 atom stereocenters. The number of carbonyl (C=O) groups is 1. The Labute approximate surface area is 112 Å². The van der Waals surface area contributed by atoms with E-state index in [0.29, 0.717) is 5.75 Å². The highest BCUT2D eigenvalue weighted by Gasteiger charge is 2.10. The normalized spacial score (nSPS) is 10.5. The number of benzene rings is 1. The van der Waals surface area contributed by atoms with Gasteiger partial charge in [-0.05, 0) is 38.0 Å². The van der Waals surface area contributed by atoms with Crippen molar-refractivity contribution in [2.75, 3.05) is 13.7 Å². The molecule has 0 radical (unpaired) electrons. The van der Waals surface area contributed by atoms with Crippen LogP contribution in [0.2, 0.25) is 0 Å². The number of aryl methyl sites for hydroxylation is 3. The Hall–Kier alpha value is -2.10. The number of aromatic nitrogens is 1. The Kier molecular flexibility index (Phi) is 3.69. The number of nitrogens with zero attached hydrogens (tertiary/aromatic N) is 1. The van der Waals surface area contributed by atoms with Crippen molar-refractivity contribution in [3.8, 4) is 5.75 Å². The van der Waals surface area contributed by atoms with Crippen LogP contribution in [0, 0.1) is 20.8 Å². The zero-order valence-electron chi connectivity index (χ0n) is 11.6. The SMILES string of the molecule is COC(=O)COc1cc(C)nc2cc(C)cc(C)c12. The average Bonchev–Trinajstić information content (AvgIpc) is 2.34. The summed E-state index contributed by atoms with van der Waals surface area (Å²) in [5.41, 5.74) is 3.99. The molecule has 4 nitrogen and oxygen atoms in total. The third kappa shape index (κ3) is 2.84. The molecule has 0 saturated heterocycles. The second kappa shape index (κ2) is 5.26. The highest BCUT2D eigenvalue weighted by Crippen LogP contribution is 2.29. The molecular formula is C15H17NO3. The number of hydrogen-bond acceptors (Lipinski definition) is 4. The molecule has 1 heterocycles. The fourth-order valence-corrected chi connectivity index (χ4v) is 2.15. The van der Waals surface area contributed by atoms with E-state index >= 15 is 0 Å². The summed E-state index contributed by atoms with van der Waals surface area (Å²) in [5.74, 6) is 0.276. The summed E-state index contributed by atoms with van der Waals surface area (Å²) in [6.45, 7) is 5.85. The second-order valence-corrected chi connectivity index (χ2v) is 4.60. The smallest absolute Gasteiger partial charge is 0.343 e. The summed E-state index contributed by atoms with van der Waals surface area (Å²) in [7, 11) is 1.34. The van der Waals surface area contributed by atoms with Crippen LogP contribution in [0.5, 0.6) is 5.75 Å². The lowest BCUT2D eigenvalue weighted by Crippen LogP contribution is -2.13. The van der Waals surface area contributed by atoms with Crippen molar-refractivity contribution in [3.05, 3.63) is 35.0 Å². The summed E-state index contributed by atoms with van der Waals surface area (Å²) in [6.07, 6.45) is 0. The zero-order valence-corrected chi connectivity index (χ0v) is 11.6. The number of hydrogen-bond donors (Lipinski definition) is 0. The maximum atomic E-state index is 11.2. The second-order valence-electron chi connectivity index (χ2n) is 4.60. The third-order valence-electron chi connectivity index (χ3n) is 2.92. The first-order valence-electron chi connectivity index (χ1n) is 6.09. The average molecular weight is 259 g/mol. The number of esters is 1. The lowest BCUT2D eigenvalue weighted by molar-refractivity contribution is -0.142. The maximum absolute atomic E-state index is 11.2. The minimum absolute atomic E-state index is 0.0949. The number of fused-ring (bicyclic) bond motifs is 1. The van der Waals surface area contributed by atoms with Gasteiger partial charge in [-0.15, -0.1) is 0 Å². The Morgan fingerprint density at radius 1 is 1.21 bits per heavy atom. The summed E-state index contributed by atoms with van der Waals surface area (Å²) in [5, 5.41) is 0.945. The van der Waals surface area contributed by atoms with E-state index in [4.69, 9.17) is 4.74 Å². The molecule has 1 aromatic heterocycles. The van der Waals surface area contributed by atoms with Crippen molar-refractivity contribution in [2.45, 2.75) is 20.8 Å². The first kappa shape index (κ1) is 13.3. The van der Waals surface area contributed by atoms with Crippen molar-refractivity contribution in [3.63, 3.8) is 0 Å². The van der Waals surface area contributed by atoms with E-state index in [1.54, 1.807) is 0 Å². The highest BCUT2D eigenvalue weighted by molar-refractivity contribution is 5.89. The number of rotatable bonds is 3. The number of pyridine rings is 1. The van der Waals surface area contributed by atoms with Crippen molar-refractivity contribution in [1.82, 2.24) is 4.98 Å². The van der Waals surface area contributed by atoms with Gasteiger partial charge in [0.25, 0.3) is 0 Å². The molecule has 19 heavy (non-hydrogen) atoms.